The first-order chi connectivity index (χ1) is 7.47. The Labute approximate surface area is 96.1 Å². The highest BCUT2D eigenvalue weighted by Gasteiger charge is 2.23. The van der Waals surface area contributed by atoms with Gasteiger partial charge in [0, 0.05) is 39.0 Å². The zero-order valence-electron chi connectivity index (χ0n) is 9.63. The van der Waals surface area contributed by atoms with Gasteiger partial charge in [-0.25, -0.2) is 17.7 Å². The molecule has 16 heavy (non-hydrogen) atoms. The molecule has 0 saturated heterocycles. The third-order valence-electron chi connectivity index (χ3n) is 3.13. The molecular weight excluding hydrogens is 226 g/mol. The maximum absolute atomic E-state index is 11.3. The topological polar surface area (TPSA) is 55.2 Å². The van der Waals surface area contributed by atoms with Crippen LogP contribution in [0.2, 0.25) is 0 Å². The van der Waals surface area contributed by atoms with Crippen LogP contribution >= 0.6 is 0 Å². The van der Waals surface area contributed by atoms with Crippen LogP contribution in [0.1, 0.15) is 12.2 Å². The standard InChI is InChI=1S/C10H17N3O2S/c1-12(16(2,14)15)8-9-3-5-13-6-4-11-10(13)7-9/h4,6,9H,3,5,7-8H2,1-2H3. The van der Waals surface area contributed by atoms with Crippen LogP contribution in [0.3, 0.4) is 0 Å². The molecule has 2 rings (SSSR count). The normalized spacial score (nSPS) is 21.1. The van der Waals surface area contributed by atoms with Gasteiger partial charge in [-0.15, -0.1) is 0 Å². The molecule has 0 aliphatic carbocycles. The molecule has 0 fully saturated rings. The molecule has 6 heteroatoms. The highest BCUT2D eigenvalue weighted by molar-refractivity contribution is 7.88. The van der Waals surface area contributed by atoms with E-state index in [1.165, 1.54) is 10.6 Å². The Balaban J connectivity index is 2.00. The Hall–Kier alpha value is -0.880. The van der Waals surface area contributed by atoms with E-state index in [1.807, 2.05) is 6.20 Å². The Kier molecular flexibility index (Phi) is 3.03. The fraction of sp³-hybridized carbons (Fsp3) is 0.700. The lowest BCUT2D eigenvalue weighted by Crippen LogP contribution is -2.34. The highest BCUT2D eigenvalue weighted by Crippen LogP contribution is 2.20. The molecule has 0 amide bonds. The van der Waals surface area contributed by atoms with Crippen LogP contribution in [0, 0.1) is 5.92 Å². The van der Waals surface area contributed by atoms with Crippen LogP contribution < -0.4 is 0 Å². The van der Waals surface area contributed by atoms with Crippen molar-refractivity contribution in [2.24, 2.45) is 5.92 Å². The molecule has 2 heterocycles. The van der Waals surface area contributed by atoms with E-state index in [-0.39, 0.29) is 0 Å². The lowest BCUT2D eigenvalue weighted by atomic mass is 9.98. The molecule has 1 unspecified atom stereocenters. The molecule has 0 radical (unpaired) electrons. The van der Waals surface area contributed by atoms with Gasteiger partial charge in [0.2, 0.25) is 10.0 Å². The van der Waals surface area contributed by atoms with Crippen molar-refractivity contribution in [1.29, 1.82) is 0 Å². The van der Waals surface area contributed by atoms with Gasteiger partial charge in [0.25, 0.3) is 0 Å². The van der Waals surface area contributed by atoms with E-state index < -0.39 is 10.0 Å². The summed E-state index contributed by atoms with van der Waals surface area (Å²) in [7, 11) is -1.42. The Morgan fingerprint density at radius 3 is 3.06 bits per heavy atom. The summed E-state index contributed by atoms with van der Waals surface area (Å²) in [6, 6.07) is 0. The predicted octanol–water partition coefficient (Wildman–Crippen LogP) is 0.337. The van der Waals surface area contributed by atoms with Gasteiger partial charge >= 0.3 is 0 Å². The average Bonchev–Trinajstić information content (AvgIpc) is 2.63. The number of hydrogen-bond acceptors (Lipinski definition) is 3. The smallest absolute Gasteiger partial charge is 0.210 e. The Morgan fingerprint density at radius 2 is 2.38 bits per heavy atom. The maximum atomic E-state index is 11.3. The van der Waals surface area contributed by atoms with Crippen molar-refractivity contribution in [3.8, 4) is 0 Å². The van der Waals surface area contributed by atoms with Gasteiger partial charge in [-0.2, -0.15) is 0 Å². The highest BCUT2D eigenvalue weighted by atomic mass is 32.2. The molecule has 0 spiro atoms. The number of nitrogens with zero attached hydrogens (tertiary/aromatic N) is 3. The van der Waals surface area contributed by atoms with E-state index in [4.69, 9.17) is 0 Å². The number of hydrogen-bond donors (Lipinski definition) is 0. The zero-order valence-corrected chi connectivity index (χ0v) is 10.4. The minimum atomic E-state index is -3.06. The molecule has 0 N–H and O–H groups in total. The molecule has 1 aliphatic heterocycles. The van der Waals surface area contributed by atoms with Gasteiger partial charge in [0.15, 0.2) is 0 Å². The fourth-order valence-corrected chi connectivity index (χ4v) is 2.55. The number of aryl methyl sites for hydroxylation is 1. The lowest BCUT2D eigenvalue weighted by molar-refractivity contribution is 0.317. The molecule has 5 nitrogen and oxygen atoms in total. The van der Waals surface area contributed by atoms with Crippen molar-refractivity contribution >= 4 is 10.0 Å². The van der Waals surface area contributed by atoms with Crippen molar-refractivity contribution in [1.82, 2.24) is 13.9 Å². The molecule has 90 valence electrons. The second-order valence-corrected chi connectivity index (χ2v) is 6.53. The van der Waals surface area contributed by atoms with Gasteiger partial charge in [-0.05, 0) is 12.3 Å². The predicted molar refractivity (Wildman–Crippen MR) is 61.5 cm³/mol. The number of rotatable bonds is 3. The van der Waals surface area contributed by atoms with E-state index in [0.29, 0.717) is 12.5 Å². The second-order valence-electron chi connectivity index (χ2n) is 4.44. The molecule has 1 aromatic heterocycles. The van der Waals surface area contributed by atoms with Crippen LogP contribution in [-0.2, 0) is 23.0 Å². The van der Waals surface area contributed by atoms with Gasteiger partial charge in [0.05, 0.1) is 6.26 Å². The maximum Gasteiger partial charge on any atom is 0.210 e. The van der Waals surface area contributed by atoms with Crippen LogP contribution in [0.15, 0.2) is 12.4 Å². The van der Waals surface area contributed by atoms with E-state index in [2.05, 4.69) is 9.55 Å². The van der Waals surface area contributed by atoms with Crippen molar-refractivity contribution < 1.29 is 8.42 Å². The summed E-state index contributed by atoms with van der Waals surface area (Å²) in [6.07, 6.45) is 6.91. The van der Waals surface area contributed by atoms with Crippen molar-refractivity contribution in [2.75, 3.05) is 19.8 Å². The zero-order chi connectivity index (χ0) is 11.8. The monoisotopic (exact) mass is 243 g/mol. The summed E-state index contributed by atoms with van der Waals surface area (Å²) in [5.41, 5.74) is 0. The van der Waals surface area contributed by atoms with Crippen LogP contribution in [-0.4, -0.2) is 42.1 Å². The average molecular weight is 243 g/mol. The molecule has 1 atom stereocenters. The van der Waals surface area contributed by atoms with Gasteiger partial charge < -0.3 is 4.57 Å². The summed E-state index contributed by atoms with van der Waals surface area (Å²) in [5, 5.41) is 0. The summed E-state index contributed by atoms with van der Waals surface area (Å²) in [4.78, 5) is 4.27. The van der Waals surface area contributed by atoms with E-state index in [1.54, 1.807) is 13.2 Å². The molecule has 0 saturated carbocycles. The summed E-state index contributed by atoms with van der Waals surface area (Å²) in [6.45, 7) is 1.53. The molecule has 0 aromatic carbocycles. The molecule has 1 aliphatic rings. The third kappa shape index (κ3) is 2.44. The number of fused-ring (bicyclic) bond motifs is 1. The first kappa shape index (κ1) is 11.6. The largest absolute Gasteiger partial charge is 0.335 e. The van der Waals surface area contributed by atoms with Crippen LogP contribution in [0.4, 0.5) is 0 Å². The second kappa shape index (κ2) is 4.18. The first-order valence-electron chi connectivity index (χ1n) is 5.38. The molecule has 0 bridgehead atoms. The first-order valence-corrected chi connectivity index (χ1v) is 7.23. The van der Waals surface area contributed by atoms with E-state index in [9.17, 15) is 8.42 Å². The molecular formula is C10H17N3O2S. The minimum absolute atomic E-state index is 0.384. The molecule has 1 aromatic rings. The summed E-state index contributed by atoms with van der Waals surface area (Å²) >= 11 is 0. The van der Waals surface area contributed by atoms with Gasteiger partial charge in [-0.3, -0.25) is 0 Å². The van der Waals surface area contributed by atoms with Crippen LogP contribution in [0.25, 0.3) is 0 Å². The fourth-order valence-electron chi connectivity index (χ4n) is 2.07. The van der Waals surface area contributed by atoms with Crippen molar-refractivity contribution in [2.45, 2.75) is 19.4 Å². The minimum Gasteiger partial charge on any atom is -0.335 e. The Bertz CT molecular complexity index is 466. The third-order valence-corrected chi connectivity index (χ3v) is 4.41. The number of sulfonamides is 1. The van der Waals surface area contributed by atoms with Crippen LogP contribution in [0.5, 0.6) is 0 Å². The van der Waals surface area contributed by atoms with Gasteiger partial charge in [-0.1, -0.05) is 0 Å². The van der Waals surface area contributed by atoms with Crippen molar-refractivity contribution in [3.63, 3.8) is 0 Å². The lowest BCUT2D eigenvalue weighted by Gasteiger charge is -2.26. The van der Waals surface area contributed by atoms with E-state index >= 15 is 0 Å². The summed E-state index contributed by atoms with van der Waals surface area (Å²) < 4.78 is 26.2. The SMILES string of the molecule is CN(CC1CCn2ccnc2C1)S(C)(=O)=O. The summed E-state index contributed by atoms with van der Waals surface area (Å²) in [5.74, 6) is 1.45. The van der Waals surface area contributed by atoms with Crippen molar-refractivity contribution in [3.05, 3.63) is 18.2 Å². The number of aromatic nitrogens is 2. The Morgan fingerprint density at radius 1 is 1.62 bits per heavy atom. The number of imidazole rings is 1. The quantitative estimate of drug-likeness (QED) is 0.769. The van der Waals surface area contributed by atoms with Gasteiger partial charge in [0.1, 0.15) is 5.82 Å². The van der Waals surface area contributed by atoms with E-state index in [0.717, 1.165) is 25.2 Å².